The lowest BCUT2D eigenvalue weighted by Crippen LogP contribution is -2.55. The highest BCUT2D eigenvalue weighted by Gasteiger charge is 2.53. The molecule has 0 spiro atoms. The molecule has 7 heterocycles. The van der Waals surface area contributed by atoms with E-state index in [1.54, 1.807) is 123 Å². The number of fused-ring (bicyclic) bond motifs is 4. The number of benzene rings is 6. The van der Waals surface area contributed by atoms with Crippen LogP contribution in [0.2, 0.25) is 0 Å². The lowest BCUT2D eigenvalue weighted by molar-refractivity contribution is -0.935. The summed E-state index contributed by atoms with van der Waals surface area (Å²) >= 11 is 0. The molecule has 2 amide bonds. The smallest absolute Gasteiger partial charge is 0.312 e. The summed E-state index contributed by atoms with van der Waals surface area (Å²) in [6.07, 6.45) is 8.95. The number of amides is 2. The number of allylic oxidation sites excluding steroid dienone is 4. The lowest BCUT2D eigenvalue weighted by Gasteiger charge is -2.43. The quantitative estimate of drug-likeness (QED) is 0.0196. The number of esters is 2. The number of ether oxygens (including phenoxy) is 10. The van der Waals surface area contributed by atoms with Gasteiger partial charge in [-0.2, -0.15) is 0 Å². The maximum absolute atomic E-state index is 14.8. The van der Waals surface area contributed by atoms with E-state index in [1.165, 1.54) is 99.5 Å². The van der Waals surface area contributed by atoms with E-state index in [4.69, 9.17) is 66.2 Å². The molecule has 5 aliphatic heterocycles. The maximum Gasteiger partial charge on any atom is 0.312 e. The fourth-order valence-electron chi connectivity index (χ4n) is 18.4. The second-order valence-electron chi connectivity index (χ2n) is 39.5. The second-order valence-corrected chi connectivity index (χ2v) is 39.5. The van der Waals surface area contributed by atoms with Crippen LogP contribution in [0.4, 0.5) is 11.4 Å². The molecule has 8 bridgehead atoms. The van der Waals surface area contributed by atoms with E-state index in [1.807, 2.05) is 0 Å². The number of anilines is 2. The molecule has 135 heavy (non-hydrogen) atoms. The number of methoxy groups -OCH3 is 2. The van der Waals surface area contributed by atoms with Crippen molar-refractivity contribution in [2.75, 3.05) is 72.2 Å². The van der Waals surface area contributed by atoms with Crippen LogP contribution < -0.4 is 40.4 Å². The van der Waals surface area contributed by atoms with Crippen LogP contribution in [0, 0.1) is 61.2 Å². The molecule has 18 atom stereocenters. The van der Waals surface area contributed by atoms with Gasteiger partial charge in [0, 0.05) is 147 Å². The molecule has 5 aliphatic rings. The number of likely N-dealkylation sites (N-methyl/N-ethyl adjacent to an activating group) is 1. The third-order valence-electron chi connectivity index (χ3n) is 28.8. The van der Waals surface area contributed by atoms with Crippen LogP contribution in [0.5, 0.6) is 34.5 Å². The number of carbonyl (C=O) groups excluding carboxylic acids is 6. The Morgan fingerprint density at radius 3 is 1.34 bits per heavy atom. The highest BCUT2D eigenvalue weighted by Crippen LogP contribution is 2.52. The number of hydrogen-bond donors (Lipinski definition) is 8. The summed E-state index contributed by atoms with van der Waals surface area (Å²) in [5, 5.41) is 75.2. The topological polar surface area (TPSA) is 426 Å². The molecule has 0 radical (unpaired) electrons. The van der Waals surface area contributed by atoms with Gasteiger partial charge in [-0.25, -0.2) is 9.97 Å². The number of aromatic hydroxyl groups is 2. The van der Waals surface area contributed by atoms with E-state index in [2.05, 4.69) is 66.4 Å². The number of nitrogens with zero attached hydrogens (tertiary/aromatic N) is 4. The summed E-state index contributed by atoms with van der Waals surface area (Å²) in [5.41, 5.74) is -0.947. The standard InChI is InChI=1S/C52H65N3O13.C51H65N3O13/c1-25(2)55(11)21-18-33(19-22-55)66-34-16-17-35-37(24-34)67-49-41(53-35)38-39-45(59)31(8)48-40(38)50(61)52(10,68-48)64-23-20-36(63-12)28(5)47(65-32(9)56)30(7)44(58)29(6)43(57)26(3)14-13-15-27(4)51(62)54-42(49)46(39)60;1-25-16-15-17-26(2)49(61)53-40-44(59)37-36(39-47(40)66-35-24-32(18-19-33(35)52-39)63-23-21-54(12,13)50(8,9)10)38-46(30(6)43(37)58)67-51(11,48(38)60)64-22-20-34(62-14)27(3)45(65-31(7)55)29(5)42(57)28(4)41(25)56/h13-17,20,23-26,28-30,33,36,43-44,47,57-58H,18-19,21-22H2,1-12H3,(H-,53,54,59,60,61,62);15-20,22,24-25,27-29,34,41-42,45,56-57H,21,23H2,1-14H3,(H-,52,53,58,59,60,61)/p+2/b14-13+,23-20+,27-15-;16-15+,22-20+,26-17-/t26-,28+,29+,30+,33?,36-,43-,44+,47+,52-,55?;25-,27+,28+,29+,34-,41-,42+,45+,51-/m00/s1. The normalized spacial score (nSPS) is 30.4. The Bertz CT molecular complexity index is 6280. The molecule has 728 valence electrons. The molecule has 0 aliphatic carbocycles. The summed E-state index contributed by atoms with van der Waals surface area (Å²) in [6, 6.07) is 10.7. The number of hydrogen-bond acceptors (Lipinski definition) is 28. The summed E-state index contributed by atoms with van der Waals surface area (Å²) in [5.74, 6) is -13.5. The van der Waals surface area contributed by atoms with E-state index < -0.39 is 165 Å². The molecule has 13 rings (SSSR count). The number of nitrogens with one attached hydrogen (secondary N) is 2. The van der Waals surface area contributed by atoms with E-state index in [-0.39, 0.29) is 123 Å². The van der Waals surface area contributed by atoms with Gasteiger partial charge in [-0.05, 0) is 98.7 Å². The van der Waals surface area contributed by atoms with Gasteiger partial charge in [0.2, 0.25) is 0 Å². The molecular weight excluding hydrogens is 1740 g/mol. The predicted molar refractivity (Wildman–Crippen MR) is 511 cm³/mol. The van der Waals surface area contributed by atoms with Crippen molar-refractivity contribution in [2.45, 2.75) is 236 Å². The summed E-state index contributed by atoms with van der Waals surface area (Å²) in [6.45, 7) is 39.2. The Kier molecular flexibility index (Phi) is 30.3. The average Bonchev–Trinajstić information content (AvgIpc) is 1.60. The number of likely N-dealkylation sites (tertiary alicyclic amines) is 1. The molecular formula is C103H132N6O26+2. The van der Waals surface area contributed by atoms with Gasteiger partial charge < -0.3 is 106 Å². The van der Waals surface area contributed by atoms with E-state index in [0.29, 0.717) is 46.2 Å². The fraction of sp³-hybridized carbons (Fsp3) is 0.515. The van der Waals surface area contributed by atoms with Gasteiger partial charge in [-0.3, -0.25) is 38.4 Å². The zero-order valence-corrected chi connectivity index (χ0v) is 82.0. The van der Waals surface area contributed by atoms with Crippen molar-refractivity contribution in [1.29, 1.82) is 0 Å². The van der Waals surface area contributed by atoms with E-state index in [9.17, 15) is 69.0 Å². The van der Waals surface area contributed by atoms with Crippen LogP contribution in [0.15, 0.2) is 127 Å². The average molecular weight is 1870 g/mol. The highest BCUT2D eigenvalue weighted by atomic mass is 16.7. The molecule has 6 aromatic carbocycles. The molecule has 32 heteroatoms. The molecule has 2 aromatic heterocycles. The fourth-order valence-corrected chi connectivity index (χ4v) is 18.4. The van der Waals surface area contributed by atoms with Crippen molar-refractivity contribution in [2.24, 2.45) is 47.3 Å². The third-order valence-corrected chi connectivity index (χ3v) is 28.8. The number of carbonyl (C=O) groups is 6. The first-order chi connectivity index (χ1) is 63.2. The van der Waals surface area contributed by atoms with Gasteiger partial charge in [0.15, 0.2) is 44.7 Å². The Balaban J connectivity index is 0.000000243. The number of Topliss-reactive ketones (excluding diaryl/α,β-unsaturated/α-hetero) is 2. The summed E-state index contributed by atoms with van der Waals surface area (Å²) in [4.78, 5) is 121. The lowest BCUT2D eigenvalue weighted by atomic mass is 9.78. The summed E-state index contributed by atoms with van der Waals surface area (Å²) < 4.78 is 75.2. The number of quaternary nitrogens is 2. The molecule has 8 aromatic rings. The number of piperidine rings is 1. The first-order valence-corrected chi connectivity index (χ1v) is 46.0. The number of aliphatic hydroxyl groups is 4. The number of rotatable bonds is 11. The minimum atomic E-state index is -2.05. The van der Waals surface area contributed by atoms with Crippen LogP contribution in [0.25, 0.3) is 65.9 Å². The minimum absolute atomic E-state index is 0.00347. The zero-order chi connectivity index (χ0) is 99.4. The number of phenols is 2. The molecule has 32 nitrogen and oxygen atoms in total. The molecule has 0 unspecified atom stereocenters. The first-order valence-electron chi connectivity index (χ1n) is 46.0. The molecule has 1 saturated heterocycles. The Morgan fingerprint density at radius 2 is 0.963 bits per heavy atom. The highest BCUT2D eigenvalue weighted by molar-refractivity contribution is 6.28. The van der Waals surface area contributed by atoms with Crippen molar-refractivity contribution in [3.63, 3.8) is 0 Å². The van der Waals surface area contributed by atoms with Gasteiger partial charge in [0.1, 0.15) is 87.9 Å². The van der Waals surface area contributed by atoms with Crippen molar-refractivity contribution in [1.82, 2.24) is 9.97 Å². The van der Waals surface area contributed by atoms with Crippen molar-refractivity contribution >= 4 is 113 Å². The van der Waals surface area contributed by atoms with Crippen LogP contribution in [-0.4, -0.2) is 225 Å². The number of phenolic OH excluding ortho intramolecular Hbond substituents is 2. The van der Waals surface area contributed by atoms with Crippen LogP contribution >= 0.6 is 0 Å². The SMILES string of the molecule is CO[C@H]1/C=C/O[C@@]2(C)Oc3c(C)c(=O)c4c(O)c(c5oc6cc(OC7CC[N+](C)(C(C)C)CC7)ccc6nc5c4c3C2=O)NC(=O)/C(C)=C\C=C\[C@H](C)[C@H](O)[C@@H](C)[C@@H](O)[C@@H](C)[C@H](OC(C)=O)[C@@H]1C.CO[C@H]1/C=C/O[C@@]2(C)Oc3c(C)c(=O)c4c(O)c(c5oc6cc(OCC[N+](C)(C)C(C)(C)C)ccc6nc5c4c3C2=O)NC(=O)/C(C)=C\C=C\[C@H](C)[C@H](O)[C@@H](C)[C@@H](O)[C@@H](C)[C@H](OC(C)=O)[C@@H]1C. The van der Waals surface area contributed by atoms with E-state index in [0.717, 1.165) is 30.4 Å². The number of aliphatic hydroxyl groups excluding tert-OH is 4. The van der Waals surface area contributed by atoms with Crippen LogP contribution in [-0.2, 0) is 47.6 Å². The van der Waals surface area contributed by atoms with Gasteiger partial charge >= 0.3 is 23.5 Å². The van der Waals surface area contributed by atoms with E-state index >= 15 is 0 Å². The second kappa shape index (κ2) is 40.0. The molecule has 1 fully saturated rings. The Morgan fingerprint density at radius 1 is 0.570 bits per heavy atom. The van der Waals surface area contributed by atoms with Gasteiger partial charge in [0.25, 0.3) is 23.4 Å². The number of ketones is 2. The molecule has 0 saturated carbocycles. The zero-order valence-electron chi connectivity index (χ0n) is 82.0. The third kappa shape index (κ3) is 20.2. The maximum atomic E-state index is 14.8. The van der Waals surface area contributed by atoms with Crippen LogP contribution in [0.1, 0.15) is 176 Å². The molecule has 8 N–H and O–H groups in total. The monoisotopic (exact) mass is 1870 g/mol. The minimum Gasteiger partial charge on any atom is -0.505 e. The summed E-state index contributed by atoms with van der Waals surface area (Å²) in [7, 11) is 9.41. The van der Waals surface area contributed by atoms with Gasteiger partial charge in [-0.1, -0.05) is 91.8 Å². The van der Waals surface area contributed by atoms with Crippen molar-refractivity contribution in [3.05, 3.63) is 151 Å². The predicted octanol–water partition coefficient (Wildman–Crippen LogP) is 14.6. The first kappa shape index (κ1) is 102. The van der Waals surface area contributed by atoms with Crippen molar-refractivity contribution in [3.8, 4) is 34.5 Å². The van der Waals surface area contributed by atoms with Crippen molar-refractivity contribution < 1.29 is 125 Å². The Hall–Kier alpha value is -11.6. The number of aromatic nitrogens is 2. The van der Waals surface area contributed by atoms with Crippen LogP contribution in [0.3, 0.4) is 0 Å². The van der Waals surface area contributed by atoms with Gasteiger partial charge in [-0.15, -0.1) is 0 Å². The van der Waals surface area contributed by atoms with Gasteiger partial charge in [0.05, 0.1) is 117 Å². The Labute approximate surface area is 785 Å². The largest absolute Gasteiger partial charge is 0.505 e.